The third-order valence-electron chi connectivity index (χ3n) is 1.52. The van der Waals surface area contributed by atoms with E-state index in [2.05, 4.69) is 14.9 Å². The Morgan fingerprint density at radius 1 is 1.50 bits per heavy atom. The second-order valence-electron chi connectivity index (χ2n) is 2.38. The monoisotopic (exact) mass is 226 g/mol. The second kappa shape index (κ2) is 3.85. The largest absolute Gasteiger partial charge is 0.464 e. The van der Waals surface area contributed by atoms with Crippen molar-refractivity contribution in [2.75, 3.05) is 7.11 Å². The lowest BCUT2D eigenvalue weighted by molar-refractivity contribution is 0.0599. The molecule has 0 aromatic carbocycles. The first-order chi connectivity index (χ1) is 6.81. The van der Waals surface area contributed by atoms with Crippen LogP contribution in [0.1, 0.15) is 9.80 Å². The SMILES string of the molecule is COC(=O)c1nnc(-c2cccs2)s1. The van der Waals surface area contributed by atoms with Crippen LogP contribution in [0.15, 0.2) is 17.5 Å². The summed E-state index contributed by atoms with van der Waals surface area (Å²) in [4.78, 5) is 12.1. The van der Waals surface area contributed by atoms with Gasteiger partial charge in [-0.15, -0.1) is 21.5 Å². The second-order valence-corrected chi connectivity index (χ2v) is 4.31. The Morgan fingerprint density at radius 2 is 2.36 bits per heavy atom. The third kappa shape index (κ3) is 1.66. The van der Waals surface area contributed by atoms with Crippen molar-refractivity contribution >= 4 is 28.6 Å². The van der Waals surface area contributed by atoms with Crippen LogP contribution in [0.25, 0.3) is 9.88 Å². The van der Waals surface area contributed by atoms with Gasteiger partial charge >= 0.3 is 5.97 Å². The number of aromatic nitrogens is 2. The van der Waals surface area contributed by atoms with Gasteiger partial charge in [-0.1, -0.05) is 17.4 Å². The molecule has 0 aliphatic heterocycles. The highest BCUT2D eigenvalue weighted by Crippen LogP contribution is 2.27. The lowest BCUT2D eigenvalue weighted by Crippen LogP contribution is -1.99. The number of esters is 1. The van der Waals surface area contributed by atoms with Crippen molar-refractivity contribution in [3.8, 4) is 9.88 Å². The summed E-state index contributed by atoms with van der Waals surface area (Å²) in [5, 5.41) is 10.6. The molecule has 0 saturated heterocycles. The van der Waals surface area contributed by atoms with Gasteiger partial charge in [0.2, 0.25) is 5.01 Å². The minimum atomic E-state index is -0.440. The first-order valence-electron chi connectivity index (χ1n) is 3.77. The molecule has 14 heavy (non-hydrogen) atoms. The number of nitrogens with zero attached hydrogens (tertiary/aromatic N) is 2. The molecule has 0 spiro atoms. The Labute approximate surface area is 88.2 Å². The van der Waals surface area contributed by atoms with Crippen molar-refractivity contribution in [1.82, 2.24) is 10.2 Å². The molecule has 2 heterocycles. The van der Waals surface area contributed by atoms with Gasteiger partial charge in [-0.25, -0.2) is 4.79 Å². The summed E-state index contributed by atoms with van der Waals surface area (Å²) in [7, 11) is 1.33. The first kappa shape index (κ1) is 9.29. The van der Waals surface area contributed by atoms with E-state index in [4.69, 9.17) is 0 Å². The Morgan fingerprint density at radius 3 is 3.00 bits per heavy atom. The summed E-state index contributed by atoms with van der Waals surface area (Å²) < 4.78 is 4.54. The van der Waals surface area contributed by atoms with E-state index in [9.17, 15) is 4.79 Å². The summed E-state index contributed by atoms with van der Waals surface area (Å²) in [6.45, 7) is 0. The zero-order chi connectivity index (χ0) is 9.97. The van der Waals surface area contributed by atoms with E-state index < -0.39 is 5.97 Å². The van der Waals surface area contributed by atoms with Crippen molar-refractivity contribution in [3.05, 3.63) is 22.5 Å². The third-order valence-corrected chi connectivity index (χ3v) is 3.46. The standard InChI is InChI=1S/C8H6N2O2S2/c1-12-8(11)7-10-9-6(14-7)5-3-2-4-13-5/h2-4H,1H3. The number of hydrogen-bond donors (Lipinski definition) is 0. The molecular formula is C8H6N2O2S2. The number of ether oxygens (including phenoxy) is 1. The van der Waals surface area contributed by atoms with E-state index in [0.29, 0.717) is 0 Å². The quantitative estimate of drug-likeness (QED) is 0.735. The van der Waals surface area contributed by atoms with Crippen LogP contribution in [-0.4, -0.2) is 23.3 Å². The molecule has 0 saturated carbocycles. The topological polar surface area (TPSA) is 52.1 Å². The predicted octanol–water partition coefficient (Wildman–Crippen LogP) is 2.05. The fraction of sp³-hybridized carbons (Fsp3) is 0.125. The Balaban J connectivity index is 2.31. The molecule has 0 aliphatic rings. The number of carbonyl (C=O) groups excluding carboxylic acids is 1. The normalized spacial score (nSPS) is 10.1. The molecule has 0 aliphatic carbocycles. The van der Waals surface area contributed by atoms with Gasteiger partial charge in [-0.05, 0) is 11.4 Å². The van der Waals surface area contributed by atoms with Crippen molar-refractivity contribution in [1.29, 1.82) is 0 Å². The van der Waals surface area contributed by atoms with Crippen molar-refractivity contribution in [3.63, 3.8) is 0 Å². The van der Waals surface area contributed by atoms with Crippen LogP contribution >= 0.6 is 22.7 Å². The lowest BCUT2D eigenvalue weighted by atomic mass is 10.5. The Bertz CT molecular complexity index is 436. The minimum absolute atomic E-state index is 0.288. The zero-order valence-electron chi connectivity index (χ0n) is 7.26. The van der Waals surface area contributed by atoms with Crippen LogP contribution in [0, 0.1) is 0 Å². The van der Waals surface area contributed by atoms with Crippen molar-refractivity contribution < 1.29 is 9.53 Å². The molecule has 2 aromatic rings. The van der Waals surface area contributed by atoms with Crippen molar-refractivity contribution in [2.24, 2.45) is 0 Å². The van der Waals surface area contributed by atoms with Crippen LogP contribution in [0.5, 0.6) is 0 Å². The van der Waals surface area contributed by atoms with E-state index in [-0.39, 0.29) is 5.01 Å². The summed E-state index contributed by atoms with van der Waals surface area (Å²) in [5.74, 6) is -0.440. The fourth-order valence-corrected chi connectivity index (χ4v) is 2.45. The maximum atomic E-state index is 11.1. The van der Waals surface area contributed by atoms with Gasteiger partial charge in [0.15, 0.2) is 5.01 Å². The Kier molecular flexibility index (Phi) is 2.55. The molecule has 0 fully saturated rings. The highest BCUT2D eigenvalue weighted by Gasteiger charge is 2.13. The number of thiophene rings is 1. The van der Waals surface area contributed by atoms with Gasteiger partial charge in [0, 0.05) is 0 Å². The Hall–Kier alpha value is -1.27. The highest BCUT2D eigenvalue weighted by molar-refractivity contribution is 7.21. The van der Waals surface area contributed by atoms with E-state index >= 15 is 0 Å². The van der Waals surface area contributed by atoms with E-state index in [1.54, 1.807) is 11.3 Å². The molecule has 0 bridgehead atoms. The van der Waals surface area contributed by atoms with Gasteiger partial charge in [-0.3, -0.25) is 0 Å². The average molecular weight is 226 g/mol. The summed E-state index contributed by atoms with van der Waals surface area (Å²) in [6.07, 6.45) is 0. The van der Waals surface area contributed by atoms with Crippen LogP contribution in [-0.2, 0) is 4.74 Å². The van der Waals surface area contributed by atoms with E-state index in [0.717, 1.165) is 9.88 Å². The lowest BCUT2D eigenvalue weighted by Gasteiger charge is -1.88. The zero-order valence-corrected chi connectivity index (χ0v) is 8.89. The van der Waals surface area contributed by atoms with Crippen molar-refractivity contribution in [2.45, 2.75) is 0 Å². The van der Waals surface area contributed by atoms with Crippen LogP contribution in [0.4, 0.5) is 0 Å². The smallest absolute Gasteiger partial charge is 0.369 e. The van der Waals surface area contributed by atoms with Gasteiger partial charge in [0.1, 0.15) is 0 Å². The molecule has 0 amide bonds. The van der Waals surface area contributed by atoms with Crippen LogP contribution < -0.4 is 0 Å². The first-order valence-corrected chi connectivity index (χ1v) is 5.46. The minimum Gasteiger partial charge on any atom is -0.464 e. The maximum Gasteiger partial charge on any atom is 0.369 e. The molecule has 0 unspecified atom stereocenters. The maximum absolute atomic E-state index is 11.1. The number of methoxy groups -OCH3 is 1. The molecule has 2 aromatic heterocycles. The molecule has 4 nitrogen and oxygen atoms in total. The van der Waals surface area contributed by atoms with Gasteiger partial charge in [0.25, 0.3) is 0 Å². The number of carbonyl (C=O) groups is 1. The molecule has 0 atom stereocenters. The number of rotatable bonds is 2. The highest BCUT2D eigenvalue weighted by atomic mass is 32.1. The van der Waals surface area contributed by atoms with Gasteiger partial charge in [0.05, 0.1) is 12.0 Å². The van der Waals surface area contributed by atoms with E-state index in [1.807, 2.05) is 17.5 Å². The summed E-state index contributed by atoms with van der Waals surface area (Å²) in [5.41, 5.74) is 0. The van der Waals surface area contributed by atoms with E-state index in [1.165, 1.54) is 18.4 Å². The summed E-state index contributed by atoms with van der Waals surface area (Å²) in [6, 6.07) is 3.87. The number of hydrogen-bond acceptors (Lipinski definition) is 6. The molecule has 0 N–H and O–H groups in total. The molecule has 0 radical (unpaired) electrons. The van der Waals surface area contributed by atoms with Crippen LogP contribution in [0.3, 0.4) is 0 Å². The van der Waals surface area contributed by atoms with Gasteiger partial charge in [-0.2, -0.15) is 0 Å². The average Bonchev–Trinajstić information content (AvgIpc) is 2.86. The van der Waals surface area contributed by atoms with Gasteiger partial charge < -0.3 is 4.74 Å². The molecule has 2 rings (SSSR count). The fourth-order valence-electron chi connectivity index (χ4n) is 0.893. The van der Waals surface area contributed by atoms with Crippen LogP contribution in [0.2, 0.25) is 0 Å². The molecule has 6 heteroatoms. The molecular weight excluding hydrogens is 220 g/mol. The molecule has 72 valence electrons. The summed E-state index contributed by atoms with van der Waals surface area (Å²) >= 11 is 2.80. The predicted molar refractivity (Wildman–Crippen MR) is 54.6 cm³/mol.